The van der Waals surface area contributed by atoms with Crippen LogP contribution in [-0.2, 0) is 5.54 Å². The fraction of sp³-hybridized carbons (Fsp3) is 0.647. The summed E-state index contributed by atoms with van der Waals surface area (Å²) in [6.07, 6.45) is 8.66. The molecular formula is C17H27N. The van der Waals surface area contributed by atoms with E-state index in [0.29, 0.717) is 5.92 Å². The zero-order chi connectivity index (χ0) is 13.0. The molecule has 0 heterocycles. The zero-order valence-corrected chi connectivity index (χ0v) is 11.9. The van der Waals surface area contributed by atoms with Gasteiger partial charge in [-0.3, -0.25) is 0 Å². The van der Waals surface area contributed by atoms with Gasteiger partial charge in [-0.1, -0.05) is 57.4 Å². The number of hydrogen-bond acceptors (Lipinski definition) is 1. The van der Waals surface area contributed by atoms with Gasteiger partial charge >= 0.3 is 0 Å². The minimum Gasteiger partial charge on any atom is -0.321 e. The maximum absolute atomic E-state index is 6.73. The van der Waals surface area contributed by atoms with Gasteiger partial charge in [-0.2, -0.15) is 0 Å². The van der Waals surface area contributed by atoms with Crippen LogP contribution in [0.1, 0.15) is 75.8 Å². The minimum atomic E-state index is -0.0581. The highest BCUT2D eigenvalue weighted by atomic mass is 14.7. The van der Waals surface area contributed by atoms with Gasteiger partial charge in [0.05, 0.1) is 0 Å². The van der Waals surface area contributed by atoms with Crippen LogP contribution < -0.4 is 5.73 Å². The van der Waals surface area contributed by atoms with E-state index in [1.807, 2.05) is 0 Å². The molecule has 0 amide bonds. The van der Waals surface area contributed by atoms with Crippen LogP contribution in [0.5, 0.6) is 0 Å². The first-order chi connectivity index (χ1) is 8.71. The molecule has 0 aliphatic heterocycles. The second-order valence-corrected chi connectivity index (χ2v) is 5.82. The summed E-state index contributed by atoms with van der Waals surface area (Å²) in [5.74, 6) is 0.670. The molecule has 1 heteroatoms. The first-order valence-electron chi connectivity index (χ1n) is 7.59. The molecule has 100 valence electrons. The molecule has 0 saturated heterocycles. The quantitative estimate of drug-likeness (QED) is 0.817. The summed E-state index contributed by atoms with van der Waals surface area (Å²) >= 11 is 0. The van der Waals surface area contributed by atoms with Crippen molar-refractivity contribution in [2.24, 2.45) is 5.73 Å². The standard InChI is InChI=1S/C17H27N/c1-3-14(4-2)15-10-6-7-11-16(15)17(18)12-8-5-9-13-17/h6-7,10-11,14H,3-5,8-9,12-13,18H2,1-2H3. The van der Waals surface area contributed by atoms with E-state index in [4.69, 9.17) is 5.73 Å². The van der Waals surface area contributed by atoms with E-state index in [-0.39, 0.29) is 5.54 Å². The Bertz CT molecular complexity index is 373. The van der Waals surface area contributed by atoms with Gasteiger partial charge in [0.15, 0.2) is 0 Å². The Morgan fingerprint density at radius 1 is 1.06 bits per heavy atom. The van der Waals surface area contributed by atoms with Crippen molar-refractivity contribution in [3.8, 4) is 0 Å². The van der Waals surface area contributed by atoms with Crippen LogP contribution in [-0.4, -0.2) is 0 Å². The van der Waals surface area contributed by atoms with Gasteiger partial charge in [-0.05, 0) is 42.7 Å². The second kappa shape index (κ2) is 5.88. The Morgan fingerprint density at radius 2 is 1.67 bits per heavy atom. The van der Waals surface area contributed by atoms with Crippen molar-refractivity contribution in [3.63, 3.8) is 0 Å². The molecule has 2 N–H and O–H groups in total. The summed E-state index contributed by atoms with van der Waals surface area (Å²) in [5, 5.41) is 0. The van der Waals surface area contributed by atoms with Crippen molar-refractivity contribution < 1.29 is 0 Å². The van der Waals surface area contributed by atoms with Gasteiger partial charge in [-0.25, -0.2) is 0 Å². The maximum Gasteiger partial charge on any atom is 0.0412 e. The monoisotopic (exact) mass is 245 g/mol. The van der Waals surface area contributed by atoms with Crippen LogP contribution in [0.2, 0.25) is 0 Å². The van der Waals surface area contributed by atoms with Crippen LogP contribution >= 0.6 is 0 Å². The third-order valence-electron chi connectivity index (χ3n) is 4.67. The minimum absolute atomic E-state index is 0.0581. The van der Waals surface area contributed by atoms with E-state index in [2.05, 4.69) is 38.1 Å². The number of benzene rings is 1. The Kier molecular flexibility index (Phi) is 4.45. The molecule has 0 bridgehead atoms. The number of rotatable bonds is 4. The van der Waals surface area contributed by atoms with Gasteiger partial charge in [0.2, 0.25) is 0 Å². The van der Waals surface area contributed by atoms with Crippen LogP contribution in [0, 0.1) is 0 Å². The summed E-state index contributed by atoms with van der Waals surface area (Å²) < 4.78 is 0. The average molecular weight is 245 g/mol. The van der Waals surface area contributed by atoms with Gasteiger partial charge in [0.25, 0.3) is 0 Å². The van der Waals surface area contributed by atoms with Crippen LogP contribution in [0.3, 0.4) is 0 Å². The van der Waals surface area contributed by atoms with Crippen LogP contribution in [0.25, 0.3) is 0 Å². The molecule has 0 unspecified atom stereocenters. The molecular weight excluding hydrogens is 218 g/mol. The lowest BCUT2D eigenvalue weighted by Crippen LogP contribution is -2.39. The first-order valence-corrected chi connectivity index (χ1v) is 7.59. The van der Waals surface area contributed by atoms with Gasteiger partial charge in [-0.15, -0.1) is 0 Å². The smallest absolute Gasteiger partial charge is 0.0412 e. The summed E-state index contributed by atoms with van der Waals surface area (Å²) in [5.41, 5.74) is 9.61. The average Bonchev–Trinajstić information content (AvgIpc) is 2.41. The Morgan fingerprint density at radius 3 is 2.28 bits per heavy atom. The van der Waals surface area contributed by atoms with Crippen molar-refractivity contribution in [1.29, 1.82) is 0 Å². The molecule has 1 aliphatic rings. The van der Waals surface area contributed by atoms with Gasteiger partial charge in [0, 0.05) is 5.54 Å². The highest BCUT2D eigenvalue weighted by Gasteiger charge is 2.32. The molecule has 0 spiro atoms. The summed E-state index contributed by atoms with van der Waals surface area (Å²) in [6.45, 7) is 4.57. The van der Waals surface area contributed by atoms with Gasteiger partial charge < -0.3 is 5.73 Å². The first kappa shape index (κ1) is 13.6. The molecule has 1 aromatic carbocycles. The van der Waals surface area contributed by atoms with Crippen molar-refractivity contribution in [2.45, 2.75) is 70.3 Å². The highest BCUT2D eigenvalue weighted by molar-refractivity contribution is 5.36. The van der Waals surface area contributed by atoms with E-state index >= 15 is 0 Å². The summed E-state index contributed by atoms with van der Waals surface area (Å²) in [6, 6.07) is 8.91. The predicted octanol–water partition coefficient (Wildman–Crippen LogP) is 4.71. The number of hydrogen-bond donors (Lipinski definition) is 1. The van der Waals surface area contributed by atoms with Gasteiger partial charge in [0.1, 0.15) is 0 Å². The normalized spacial score (nSPS) is 19.1. The van der Waals surface area contributed by atoms with E-state index in [9.17, 15) is 0 Å². The molecule has 1 aliphatic carbocycles. The molecule has 2 rings (SSSR count). The molecule has 1 saturated carbocycles. The van der Waals surface area contributed by atoms with Crippen molar-refractivity contribution >= 4 is 0 Å². The Labute approximate surface area is 112 Å². The van der Waals surface area contributed by atoms with Crippen LogP contribution in [0.15, 0.2) is 24.3 Å². The third kappa shape index (κ3) is 2.61. The van der Waals surface area contributed by atoms with Crippen molar-refractivity contribution in [1.82, 2.24) is 0 Å². The third-order valence-corrected chi connectivity index (χ3v) is 4.67. The summed E-state index contributed by atoms with van der Waals surface area (Å²) in [7, 11) is 0. The Hall–Kier alpha value is -0.820. The molecule has 1 fully saturated rings. The molecule has 18 heavy (non-hydrogen) atoms. The highest BCUT2D eigenvalue weighted by Crippen LogP contribution is 2.39. The van der Waals surface area contributed by atoms with E-state index in [1.165, 1.54) is 43.2 Å². The largest absolute Gasteiger partial charge is 0.321 e. The molecule has 1 nitrogen and oxygen atoms in total. The lowest BCUT2D eigenvalue weighted by molar-refractivity contribution is 0.299. The van der Waals surface area contributed by atoms with Crippen LogP contribution in [0.4, 0.5) is 0 Å². The maximum atomic E-state index is 6.73. The van der Waals surface area contributed by atoms with Crippen molar-refractivity contribution in [3.05, 3.63) is 35.4 Å². The topological polar surface area (TPSA) is 26.0 Å². The SMILES string of the molecule is CCC(CC)c1ccccc1C1(N)CCCCC1. The fourth-order valence-electron chi connectivity index (χ4n) is 3.49. The zero-order valence-electron chi connectivity index (χ0n) is 11.9. The lowest BCUT2D eigenvalue weighted by Gasteiger charge is -2.36. The van der Waals surface area contributed by atoms with Crippen molar-refractivity contribution in [2.75, 3.05) is 0 Å². The fourth-order valence-corrected chi connectivity index (χ4v) is 3.49. The predicted molar refractivity (Wildman–Crippen MR) is 78.7 cm³/mol. The lowest BCUT2D eigenvalue weighted by atomic mass is 9.73. The summed E-state index contributed by atoms with van der Waals surface area (Å²) in [4.78, 5) is 0. The molecule has 0 radical (unpaired) electrons. The molecule has 0 aromatic heterocycles. The van der Waals surface area contributed by atoms with E-state index < -0.39 is 0 Å². The number of nitrogens with two attached hydrogens (primary N) is 1. The molecule has 1 aromatic rings. The molecule has 0 atom stereocenters. The second-order valence-electron chi connectivity index (χ2n) is 5.82. The van der Waals surface area contributed by atoms with E-state index in [1.54, 1.807) is 0 Å². The van der Waals surface area contributed by atoms with E-state index in [0.717, 1.165) is 12.8 Å². The Balaban J connectivity index is 2.37.